The summed E-state index contributed by atoms with van der Waals surface area (Å²) in [5.41, 5.74) is 7.20. The zero-order valence-corrected chi connectivity index (χ0v) is 14.6. The number of benzene rings is 2. The molecule has 0 heterocycles. The van der Waals surface area contributed by atoms with Crippen LogP contribution in [0.3, 0.4) is 0 Å². The van der Waals surface area contributed by atoms with E-state index in [0.29, 0.717) is 11.8 Å². The Morgan fingerprint density at radius 1 is 0.870 bits per heavy atom. The molecule has 23 heavy (non-hydrogen) atoms. The van der Waals surface area contributed by atoms with Gasteiger partial charge in [-0.3, -0.25) is 0 Å². The van der Waals surface area contributed by atoms with Gasteiger partial charge in [0.25, 0.3) is 0 Å². The quantitative estimate of drug-likeness (QED) is 0.571. The minimum Gasteiger partial charge on any atom is -0.0933 e. The van der Waals surface area contributed by atoms with Crippen LogP contribution < -0.4 is 0 Å². The van der Waals surface area contributed by atoms with Gasteiger partial charge in [0, 0.05) is 5.54 Å². The first-order chi connectivity index (χ1) is 11.3. The minimum atomic E-state index is 0.681. The highest BCUT2D eigenvalue weighted by atomic mass is 35.5. The van der Waals surface area contributed by atoms with Gasteiger partial charge in [-0.25, -0.2) is 0 Å². The van der Waals surface area contributed by atoms with Crippen molar-refractivity contribution in [3.63, 3.8) is 0 Å². The molecule has 1 saturated carbocycles. The molecule has 1 aliphatic rings. The lowest BCUT2D eigenvalue weighted by Gasteiger charge is -2.27. The van der Waals surface area contributed by atoms with Crippen LogP contribution >= 0.6 is 11.6 Å². The van der Waals surface area contributed by atoms with Crippen LogP contribution in [0.1, 0.15) is 49.7 Å². The third-order valence-corrected chi connectivity index (χ3v) is 5.34. The molecule has 3 rings (SSSR count). The van der Waals surface area contributed by atoms with Crippen molar-refractivity contribution in [2.45, 2.75) is 44.9 Å². The number of halogens is 1. The molecular formula is C22H25Cl. The van der Waals surface area contributed by atoms with Gasteiger partial charge in [-0.2, -0.15) is 0 Å². The molecule has 0 aromatic heterocycles. The first-order valence-electron chi connectivity index (χ1n) is 8.76. The van der Waals surface area contributed by atoms with Crippen LogP contribution in [-0.2, 0) is 6.42 Å². The first-order valence-corrected chi connectivity index (χ1v) is 9.20. The average Bonchev–Trinajstić information content (AvgIpc) is 2.63. The van der Waals surface area contributed by atoms with Gasteiger partial charge in [0.2, 0.25) is 0 Å². The summed E-state index contributed by atoms with van der Waals surface area (Å²) < 4.78 is 0. The standard InChI is InChI=1S/C22H25Cl/c1-2-17-3-7-19(8-4-17)21-11-13-22(14-12-21)20-9-5-18(6-10-20)15-16-23/h3-4,7-8,11-16,18,20H,2,5-6,9-10H2,1H3/b16-15+/t18-,20-. The number of hydrogen-bond donors (Lipinski definition) is 0. The zero-order chi connectivity index (χ0) is 16.1. The lowest BCUT2D eigenvalue weighted by Crippen LogP contribution is -2.11. The van der Waals surface area contributed by atoms with Crippen LogP contribution in [-0.4, -0.2) is 0 Å². The average molecular weight is 325 g/mol. The van der Waals surface area contributed by atoms with Crippen molar-refractivity contribution < 1.29 is 0 Å². The summed E-state index contributed by atoms with van der Waals surface area (Å²) in [5.74, 6) is 1.39. The van der Waals surface area contributed by atoms with Gasteiger partial charge in [-0.1, -0.05) is 73.1 Å². The highest BCUT2D eigenvalue weighted by Gasteiger charge is 2.20. The number of aryl methyl sites for hydroxylation is 1. The molecule has 0 atom stereocenters. The molecule has 0 saturated heterocycles. The van der Waals surface area contributed by atoms with E-state index in [9.17, 15) is 0 Å². The van der Waals surface area contributed by atoms with E-state index in [0.717, 1.165) is 6.42 Å². The first kappa shape index (κ1) is 16.3. The summed E-state index contributed by atoms with van der Waals surface area (Å²) >= 11 is 5.70. The minimum absolute atomic E-state index is 0.681. The van der Waals surface area contributed by atoms with E-state index in [2.05, 4.69) is 61.5 Å². The molecule has 0 nitrogen and oxygen atoms in total. The third-order valence-electron chi connectivity index (χ3n) is 5.19. The van der Waals surface area contributed by atoms with Crippen LogP contribution in [0.5, 0.6) is 0 Å². The monoisotopic (exact) mass is 324 g/mol. The normalized spacial score (nSPS) is 21.7. The number of hydrogen-bond acceptors (Lipinski definition) is 0. The summed E-state index contributed by atoms with van der Waals surface area (Å²) in [6.07, 6.45) is 8.32. The topological polar surface area (TPSA) is 0 Å². The Morgan fingerprint density at radius 3 is 1.96 bits per heavy atom. The number of allylic oxidation sites excluding steroid dienone is 1. The van der Waals surface area contributed by atoms with E-state index in [4.69, 9.17) is 11.6 Å². The lowest BCUT2D eigenvalue weighted by atomic mass is 9.78. The van der Waals surface area contributed by atoms with E-state index in [1.54, 1.807) is 5.54 Å². The summed E-state index contributed by atoms with van der Waals surface area (Å²) in [4.78, 5) is 0. The molecule has 0 bridgehead atoms. The molecule has 0 unspecified atom stereocenters. The summed E-state index contributed by atoms with van der Waals surface area (Å²) in [6.45, 7) is 2.20. The molecular weight excluding hydrogens is 300 g/mol. The van der Waals surface area contributed by atoms with Crippen LogP contribution in [0.4, 0.5) is 0 Å². The molecule has 0 spiro atoms. The molecule has 1 aliphatic carbocycles. The molecule has 120 valence electrons. The fraction of sp³-hybridized carbons (Fsp3) is 0.364. The van der Waals surface area contributed by atoms with Crippen molar-refractivity contribution in [1.82, 2.24) is 0 Å². The Balaban J connectivity index is 1.67. The highest BCUT2D eigenvalue weighted by molar-refractivity contribution is 6.25. The fourth-order valence-electron chi connectivity index (χ4n) is 3.63. The molecule has 1 fully saturated rings. The Bertz CT molecular complexity index is 629. The van der Waals surface area contributed by atoms with E-state index >= 15 is 0 Å². The van der Waals surface area contributed by atoms with Crippen LogP contribution in [0.25, 0.3) is 11.1 Å². The summed E-state index contributed by atoms with van der Waals surface area (Å²) in [7, 11) is 0. The van der Waals surface area contributed by atoms with Crippen LogP contribution in [0, 0.1) is 5.92 Å². The van der Waals surface area contributed by atoms with Crippen molar-refractivity contribution in [3.8, 4) is 11.1 Å². The van der Waals surface area contributed by atoms with Gasteiger partial charge >= 0.3 is 0 Å². The van der Waals surface area contributed by atoms with Crippen molar-refractivity contribution >= 4 is 11.6 Å². The second kappa shape index (κ2) is 7.84. The zero-order valence-electron chi connectivity index (χ0n) is 13.8. The fourth-order valence-corrected chi connectivity index (χ4v) is 3.83. The molecule has 1 heteroatoms. The third kappa shape index (κ3) is 4.06. The maximum atomic E-state index is 5.70. The Kier molecular flexibility index (Phi) is 5.56. The second-order valence-electron chi connectivity index (χ2n) is 6.60. The van der Waals surface area contributed by atoms with E-state index in [1.165, 1.54) is 47.9 Å². The Hall–Kier alpha value is -1.53. The molecule has 0 radical (unpaired) electrons. The van der Waals surface area contributed by atoms with E-state index < -0.39 is 0 Å². The van der Waals surface area contributed by atoms with Crippen LogP contribution in [0.2, 0.25) is 0 Å². The van der Waals surface area contributed by atoms with Gasteiger partial charge in [0.05, 0.1) is 0 Å². The van der Waals surface area contributed by atoms with Crippen molar-refractivity contribution in [2.24, 2.45) is 5.92 Å². The van der Waals surface area contributed by atoms with E-state index in [1.807, 2.05) is 0 Å². The van der Waals surface area contributed by atoms with Gasteiger partial charge in [0.15, 0.2) is 0 Å². The highest BCUT2D eigenvalue weighted by Crippen LogP contribution is 2.37. The predicted molar refractivity (Wildman–Crippen MR) is 101 cm³/mol. The van der Waals surface area contributed by atoms with Crippen LogP contribution in [0.15, 0.2) is 60.1 Å². The molecule has 2 aromatic rings. The van der Waals surface area contributed by atoms with Gasteiger partial charge in [-0.15, -0.1) is 0 Å². The predicted octanol–water partition coefficient (Wildman–Crippen LogP) is 6.94. The van der Waals surface area contributed by atoms with Gasteiger partial charge in [-0.05, 0) is 66.2 Å². The smallest absolute Gasteiger partial charge is 0.000525 e. The van der Waals surface area contributed by atoms with Gasteiger partial charge in [0.1, 0.15) is 0 Å². The maximum Gasteiger partial charge on any atom is 0.000525 e. The van der Waals surface area contributed by atoms with Gasteiger partial charge < -0.3 is 0 Å². The van der Waals surface area contributed by atoms with Crippen molar-refractivity contribution in [1.29, 1.82) is 0 Å². The second-order valence-corrected chi connectivity index (χ2v) is 6.85. The SMILES string of the molecule is CCc1ccc(-c2ccc([C@H]3CC[C@H](/C=C/Cl)CC3)cc2)cc1. The van der Waals surface area contributed by atoms with Crippen molar-refractivity contribution in [3.05, 3.63) is 71.3 Å². The molecule has 2 aromatic carbocycles. The summed E-state index contributed by atoms with van der Waals surface area (Å²) in [5, 5.41) is 0. The van der Waals surface area contributed by atoms with Crippen molar-refractivity contribution in [2.75, 3.05) is 0 Å². The Labute approximate surface area is 145 Å². The maximum absolute atomic E-state index is 5.70. The molecule has 0 N–H and O–H groups in total. The molecule has 0 amide bonds. The van der Waals surface area contributed by atoms with E-state index in [-0.39, 0.29) is 0 Å². The number of rotatable bonds is 4. The Morgan fingerprint density at radius 2 is 1.43 bits per heavy atom. The molecule has 0 aliphatic heterocycles. The lowest BCUT2D eigenvalue weighted by molar-refractivity contribution is 0.376. The summed E-state index contributed by atoms with van der Waals surface area (Å²) in [6, 6.07) is 18.1. The largest absolute Gasteiger partial charge is 0.0933 e.